The predicted molar refractivity (Wildman–Crippen MR) is 103 cm³/mol. The molecule has 0 aromatic rings. The first kappa shape index (κ1) is 18.5. The van der Waals surface area contributed by atoms with Gasteiger partial charge in [0, 0.05) is 17.3 Å². The molecule has 0 aromatic carbocycles. The number of carbonyl (C=O) groups excluding carboxylic acids is 1. The molecule has 0 saturated heterocycles. The van der Waals surface area contributed by atoms with Crippen LogP contribution in [0.5, 0.6) is 0 Å². The second-order valence-electron chi connectivity index (χ2n) is 9.80. The summed E-state index contributed by atoms with van der Waals surface area (Å²) in [6.07, 6.45) is 11.2. The summed E-state index contributed by atoms with van der Waals surface area (Å²) < 4.78 is 5.89. The highest BCUT2D eigenvalue weighted by atomic mass is 16.5. The van der Waals surface area contributed by atoms with Gasteiger partial charge in [-0.25, -0.2) is 0 Å². The number of allylic oxidation sites excluding steroid dienone is 1. The molecule has 0 aliphatic heterocycles. The summed E-state index contributed by atoms with van der Waals surface area (Å²) in [6.45, 7) is 6.91. The molecule has 6 atom stereocenters. The van der Waals surface area contributed by atoms with Gasteiger partial charge in [-0.3, -0.25) is 4.79 Å². The minimum atomic E-state index is -0.0393. The molecule has 0 aromatic heterocycles. The molecule has 0 heterocycles. The van der Waals surface area contributed by atoms with Gasteiger partial charge >= 0.3 is 5.97 Å². The van der Waals surface area contributed by atoms with Gasteiger partial charge in [0.1, 0.15) is 6.10 Å². The molecule has 0 unspecified atom stereocenters. The van der Waals surface area contributed by atoms with Gasteiger partial charge < -0.3 is 9.84 Å². The lowest BCUT2D eigenvalue weighted by atomic mass is 9.46. The molecule has 1 N–H and O–H groups in total. The monoisotopic (exact) mass is 360 g/mol. The second-order valence-corrected chi connectivity index (χ2v) is 9.80. The number of aliphatic hydroxyl groups is 1. The van der Waals surface area contributed by atoms with E-state index in [1.54, 1.807) is 11.1 Å². The van der Waals surface area contributed by atoms with Crippen molar-refractivity contribution in [3.05, 3.63) is 11.1 Å². The fraction of sp³-hybridized carbons (Fsp3) is 0.870. The number of hydrogen-bond donors (Lipinski definition) is 1. The van der Waals surface area contributed by atoms with Crippen LogP contribution in [0, 0.1) is 28.6 Å². The Balaban J connectivity index is 1.63. The van der Waals surface area contributed by atoms with Crippen molar-refractivity contribution in [2.75, 3.05) is 6.61 Å². The van der Waals surface area contributed by atoms with Gasteiger partial charge in [0.25, 0.3) is 0 Å². The van der Waals surface area contributed by atoms with Gasteiger partial charge in [-0.15, -0.1) is 0 Å². The van der Waals surface area contributed by atoms with Crippen molar-refractivity contribution < 1.29 is 14.6 Å². The number of esters is 1. The maximum absolute atomic E-state index is 11.9. The molecule has 146 valence electrons. The number of rotatable bonds is 3. The summed E-state index contributed by atoms with van der Waals surface area (Å²) in [4.78, 5) is 11.9. The van der Waals surface area contributed by atoms with E-state index in [1.165, 1.54) is 44.9 Å². The fourth-order valence-corrected chi connectivity index (χ4v) is 7.63. The van der Waals surface area contributed by atoms with E-state index < -0.39 is 0 Å². The second kappa shape index (κ2) is 6.65. The van der Waals surface area contributed by atoms with Crippen molar-refractivity contribution in [1.29, 1.82) is 0 Å². The molecule has 0 amide bonds. The average molecular weight is 361 g/mol. The van der Waals surface area contributed by atoms with Gasteiger partial charge in [-0.05, 0) is 82.5 Å². The molecule has 0 spiro atoms. The molecule has 0 bridgehead atoms. The van der Waals surface area contributed by atoms with Gasteiger partial charge in [0.05, 0.1) is 6.61 Å². The summed E-state index contributed by atoms with van der Waals surface area (Å²) in [7, 11) is 0. The zero-order valence-electron chi connectivity index (χ0n) is 16.9. The lowest BCUT2D eigenvalue weighted by Gasteiger charge is -2.59. The van der Waals surface area contributed by atoms with Crippen LogP contribution in [-0.4, -0.2) is 23.8 Å². The van der Waals surface area contributed by atoms with Crippen molar-refractivity contribution >= 4 is 5.97 Å². The molecule has 4 aliphatic carbocycles. The minimum Gasteiger partial charge on any atom is -0.462 e. The summed E-state index contributed by atoms with van der Waals surface area (Å²) in [5.74, 6) is 1.94. The van der Waals surface area contributed by atoms with Crippen LogP contribution in [-0.2, 0) is 9.53 Å². The molecule has 26 heavy (non-hydrogen) atoms. The quantitative estimate of drug-likeness (QED) is 0.567. The molecular formula is C23H36O3. The molecule has 4 aliphatic rings. The maximum atomic E-state index is 11.9. The third-order valence-electron chi connectivity index (χ3n) is 8.92. The first-order chi connectivity index (χ1) is 12.5. The fourth-order valence-electron chi connectivity index (χ4n) is 7.63. The van der Waals surface area contributed by atoms with Crippen LogP contribution in [0.4, 0.5) is 0 Å². The Hall–Kier alpha value is -0.830. The SMILES string of the molecule is CCC(=O)O[C@H]1CC[C@H]2[C@@H]3CCC4=C(C)CCC[C@]4(CO)[C@H]3CC[C@]12C. The molecule has 3 heteroatoms. The summed E-state index contributed by atoms with van der Waals surface area (Å²) in [6, 6.07) is 0. The van der Waals surface area contributed by atoms with E-state index in [1.807, 2.05) is 6.92 Å². The highest BCUT2D eigenvalue weighted by Gasteiger charge is 2.60. The first-order valence-corrected chi connectivity index (χ1v) is 11.0. The zero-order chi connectivity index (χ0) is 18.5. The topological polar surface area (TPSA) is 46.5 Å². The zero-order valence-corrected chi connectivity index (χ0v) is 16.9. The van der Waals surface area contributed by atoms with Crippen LogP contribution in [0.1, 0.15) is 85.0 Å². The van der Waals surface area contributed by atoms with E-state index in [0.717, 1.165) is 12.8 Å². The Labute approximate surface area is 158 Å². The number of fused-ring (bicyclic) bond motifs is 5. The Morgan fingerprint density at radius 3 is 2.69 bits per heavy atom. The molecule has 3 fully saturated rings. The van der Waals surface area contributed by atoms with Crippen molar-refractivity contribution in [3.8, 4) is 0 Å². The Morgan fingerprint density at radius 1 is 1.15 bits per heavy atom. The normalized spacial score (nSPS) is 44.9. The van der Waals surface area contributed by atoms with E-state index in [2.05, 4.69) is 13.8 Å². The highest BCUT2D eigenvalue weighted by Crippen LogP contribution is 2.66. The Bertz CT molecular complexity index is 609. The molecular weight excluding hydrogens is 324 g/mol. The number of ether oxygens (including phenoxy) is 1. The van der Waals surface area contributed by atoms with Gasteiger partial charge in [0.15, 0.2) is 0 Å². The van der Waals surface area contributed by atoms with E-state index >= 15 is 0 Å². The lowest BCUT2D eigenvalue weighted by Crippen LogP contribution is -2.53. The third kappa shape index (κ3) is 2.52. The minimum absolute atomic E-state index is 0.0393. The molecule has 4 rings (SSSR count). The summed E-state index contributed by atoms with van der Waals surface area (Å²) in [5, 5.41) is 10.5. The van der Waals surface area contributed by atoms with Crippen molar-refractivity contribution in [3.63, 3.8) is 0 Å². The summed E-state index contributed by atoms with van der Waals surface area (Å²) in [5.41, 5.74) is 3.39. The van der Waals surface area contributed by atoms with Crippen LogP contribution in [0.2, 0.25) is 0 Å². The van der Waals surface area contributed by atoms with Gasteiger partial charge in [-0.1, -0.05) is 25.0 Å². The highest BCUT2D eigenvalue weighted by molar-refractivity contribution is 5.69. The molecule has 3 nitrogen and oxygen atoms in total. The van der Waals surface area contributed by atoms with E-state index in [-0.39, 0.29) is 22.9 Å². The number of carbonyl (C=O) groups is 1. The number of hydrogen-bond acceptors (Lipinski definition) is 3. The largest absolute Gasteiger partial charge is 0.462 e. The third-order valence-corrected chi connectivity index (χ3v) is 8.92. The molecule has 3 saturated carbocycles. The molecule has 0 radical (unpaired) electrons. The van der Waals surface area contributed by atoms with E-state index in [9.17, 15) is 9.90 Å². The first-order valence-electron chi connectivity index (χ1n) is 11.0. The lowest BCUT2D eigenvalue weighted by molar-refractivity contribution is -0.160. The van der Waals surface area contributed by atoms with Crippen molar-refractivity contribution in [2.45, 2.75) is 91.1 Å². The summed E-state index contributed by atoms with van der Waals surface area (Å²) >= 11 is 0. The van der Waals surface area contributed by atoms with Crippen molar-refractivity contribution in [1.82, 2.24) is 0 Å². The Kier molecular flexibility index (Phi) is 4.74. The van der Waals surface area contributed by atoms with Gasteiger partial charge in [0.2, 0.25) is 0 Å². The van der Waals surface area contributed by atoms with Crippen LogP contribution < -0.4 is 0 Å². The maximum Gasteiger partial charge on any atom is 0.305 e. The van der Waals surface area contributed by atoms with E-state index in [0.29, 0.717) is 30.8 Å². The Morgan fingerprint density at radius 2 is 1.96 bits per heavy atom. The predicted octanol–water partition coefficient (Wildman–Crippen LogP) is 5.02. The van der Waals surface area contributed by atoms with Crippen LogP contribution in [0.25, 0.3) is 0 Å². The smallest absolute Gasteiger partial charge is 0.305 e. The number of aliphatic hydroxyl groups excluding tert-OH is 1. The van der Waals surface area contributed by atoms with Crippen molar-refractivity contribution in [2.24, 2.45) is 28.6 Å². The average Bonchev–Trinajstić information content (AvgIpc) is 2.98. The van der Waals surface area contributed by atoms with Crippen LogP contribution in [0.15, 0.2) is 11.1 Å². The standard InChI is InChI=1S/C23H36O3/c1-4-21(25)26-20-10-9-18-16-7-8-17-15(2)6-5-12-23(17,14-24)19(16)11-13-22(18,20)3/h16,18-20,24H,4-14H2,1-3H3/t16-,18-,19-,20-,22-,23+/m0/s1. The van der Waals surface area contributed by atoms with Crippen LogP contribution >= 0.6 is 0 Å². The van der Waals surface area contributed by atoms with Crippen LogP contribution in [0.3, 0.4) is 0 Å². The van der Waals surface area contributed by atoms with E-state index in [4.69, 9.17) is 4.74 Å². The van der Waals surface area contributed by atoms with Gasteiger partial charge in [-0.2, -0.15) is 0 Å².